The zero-order valence-electron chi connectivity index (χ0n) is 30.1. The summed E-state index contributed by atoms with van der Waals surface area (Å²) in [5, 5.41) is 0. The Hall–Kier alpha value is -5.06. The molecule has 0 aliphatic carbocycles. The second-order valence-corrected chi connectivity index (χ2v) is 13.3. The second kappa shape index (κ2) is 13.9. The number of aryl methyl sites for hydroxylation is 1. The van der Waals surface area contributed by atoms with Crippen LogP contribution in [-0.4, -0.2) is 75.7 Å². The quantitative estimate of drug-likeness (QED) is 0.183. The molecule has 4 aromatic carbocycles. The molecule has 3 aliphatic rings. The van der Waals surface area contributed by atoms with Crippen molar-refractivity contribution in [1.82, 2.24) is 9.80 Å². The highest BCUT2D eigenvalue weighted by atomic mass is 16.5. The topological polar surface area (TPSA) is 96.0 Å². The summed E-state index contributed by atoms with van der Waals surface area (Å²) in [5.74, 6) is 1.98. The van der Waals surface area contributed by atoms with Gasteiger partial charge in [0, 0.05) is 16.7 Å². The van der Waals surface area contributed by atoms with Crippen LogP contribution in [0.3, 0.4) is 0 Å². The van der Waals surface area contributed by atoms with Crippen molar-refractivity contribution in [3.05, 3.63) is 111 Å². The molecule has 0 radical (unpaired) electrons. The third-order valence-corrected chi connectivity index (χ3v) is 10.6. The molecule has 3 heterocycles. The molecule has 0 N–H and O–H groups in total. The van der Waals surface area contributed by atoms with E-state index in [-0.39, 0.29) is 18.3 Å². The molecule has 3 aliphatic heterocycles. The fourth-order valence-electron chi connectivity index (χ4n) is 8.34. The lowest BCUT2D eigenvalue weighted by Gasteiger charge is -2.56. The number of amides is 1. The van der Waals surface area contributed by atoms with Gasteiger partial charge in [-0.2, -0.15) is 0 Å². The highest BCUT2D eigenvalue weighted by Gasteiger charge is 2.59. The Balaban J connectivity index is 1.43. The van der Waals surface area contributed by atoms with E-state index < -0.39 is 24.2 Å². The van der Waals surface area contributed by atoms with Gasteiger partial charge in [-0.05, 0) is 49.6 Å². The van der Waals surface area contributed by atoms with E-state index in [4.69, 9.17) is 28.4 Å². The van der Waals surface area contributed by atoms with E-state index in [1.165, 1.54) is 0 Å². The second-order valence-electron chi connectivity index (χ2n) is 13.3. The lowest BCUT2D eigenvalue weighted by Crippen LogP contribution is -2.68. The number of methoxy groups -OCH3 is 4. The summed E-state index contributed by atoms with van der Waals surface area (Å²) in [6.07, 6.45) is 0.438. The van der Waals surface area contributed by atoms with Gasteiger partial charge in [-0.15, -0.1) is 0 Å². The van der Waals surface area contributed by atoms with E-state index >= 15 is 4.79 Å². The number of likely N-dealkylation sites (N-methyl/N-ethyl adjacent to an activating group) is 1. The van der Waals surface area contributed by atoms with E-state index in [9.17, 15) is 4.79 Å². The van der Waals surface area contributed by atoms with Crippen molar-refractivity contribution in [2.24, 2.45) is 0 Å². The molecule has 1 fully saturated rings. The number of nitrogens with zero attached hydrogens (tertiary/aromatic N) is 2. The Morgan fingerprint density at radius 1 is 0.706 bits per heavy atom. The summed E-state index contributed by atoms with van der Waals surface area (Å²) in [6.45, 7) is 4.55. The Labute approximate surface area is 298 Å². The summed E-state index contributed by atoms with van der Waals surface area (Å²) in [5.41, 5.74) is 6.19. The number of carbonyl (C=O) groups is 2. The van der Waals surface area contributed by atoms with Gasteiger partial charge in [-0.3, -0.25) is 14.5 Å². The van der Waals surface area contributed by atoms with Crippen LogP contribution in [0, 0.1) is 13.8 Å². The molecular formula is C41H44N2O8. The molecule has 4 atom stereocenters. The van der Waals surface area contributed by atoms with Gasteiger partial charge in [0.05, 0.1) is 65.3 Å². The average molecular weight is 693 g/mol. The summed E-state index contributed by atoms with van der Waals surface area (Å²) in [4.78, 5) is 33.9. The monoisotopic (exact) mass is 692 g/mol. The predicted octanol–water partition coefficient (Wildman–Crippen LogP) is 6.18. The van der Waals surface area contributed by atoms with Gasteiger partial charge in [0.2, 0.25) is 5.91 Å². The predicted molar refractivity (Wildman–Crippen MR) is 191 cm³/mol. The number of piperazine rings is 1. The number of carbonyl (C=O) groups excluding carboxylic acids is 2. The van der Waals surface area contributed by atoms with Crippen LogP contribution in [0.2, 0.25) is 0 Å². The largest absolute Gasteiger partial charge is 0.496 e. The molecule has 0 spiro atoms. The fraction of sp³-hybridized carbons (Fsp3) is 0.366. The number of hydrogen-bond acceptors (Lipinski definition) is 9. The standard InChI is InChI=1S/C41H44N2O8/c1-23-18-27-19-28-41(45)43-29(22-50-20-25-14-10-8-11-15-25)31-32(37(47-5)24(2)38(48-6)39(31)49-7)35(44)34(43)33(42(28)3)30(27)40(36(23)46-4)51-21-26-16-12-9-13-17-26/h8-18,28-29,33-34H,19-22H2,1-7H3/t28-,29-,33-,34-/m0/s1. The first-order valence-electron chi connectivity index (χ1n) is 17.1. The van der Waals surface area contributed by atoms with Crippen molar-refractivity contribution >= 4 is 11.7 Å². The first kappa shape index (κ1) is 34.4. The number of fused-ring (bicyclic) bond motifs is 7. The van der Waals surface area contributed by atoms with Gasteiger partial charge < -0.3 is 33.3 Å². The fourth-order valence-corrected chi connectivity index (χ4v) is 8.34. The maximum Gasteiger partial charge on any atom is 0.241 e. The normalized spacial score (nSPS) is 20.6. The lowest BCUT2D eigenvalue weighted by atomic mass is 9.73. The van der Waals surface area contributed by atoms with Gasteiger partial charge in [-0.1, -0.05) is 66.7 Å². The van der Waals surface area contributed by atoms with Crippen molar-refractivity contribution in [2.75, 3.05) is 42.1 Å². The average Bonchev–Trinajstić information content (AvgIpc) is 3.14. The molecule has 1 saturated heterocycles. The van der Waals surface area contributed by atoms with E-state index in [0.29, 0.717) is 65.1 Å². The number of hydrogen-bond donors (Lipinski definition) is 0. The van der Waals surface area contributed by atoms with Gasteiger partial charge in [0.1, 0.15) is 18.4 Å². The highest BCUT2D eigenvalue weighted by molar-refractivity contribution is 6.10. The Bertz CT molecular complexity index is 1960. The SMILES string of the molecule is COc1c(C)cc2c(c1OCc1ccccc1)[C@H]1[C@H]3C(=O)c4c(OC)c(C)c(OC)c(OC)c4[C@H](COCc4ccccc4)N3C(=O)[C@H](C2)N1C. The smallest absolute Gasteiger partial charge is 0.241 e. The Morgan fingerprint density at radius 2 is 1.31 bits per heavy atom. The molecule has 10 nitrogen and oxygen atoms in total. The van der Waals surface area contributed by atoms with Crippen molar-refractivity contribution in [3.63, 3.8) is 0 Å². The zero-order chi connectivity index (χ0) is 36.0. The summed E-state index contributed by atoms with van der Waals surface area (Å²) in [6, 6.07) is 19.1. The maximum atomic E-state index is 15.3. The third-order valence-electron chi connectivity index (χ3n) is 10.6. The molecule has 51 heavy (non-hydrogen) atoms. The number of ether oxygens (including phenoxy) is 6. The highest BCUT2D eigenvalue weighted by Crippen LogP contribution is 2.57. The first-order valence-corrected chi connectivity index (χ1v) is 17.1. The number of Topliss-reactive ketones (excluding diaryl/α,β-unsaturated/α-hetero) is 1. The molecule has 1 amide bonds. The van der Waals surface area contributed by atoms with Crippen molar-refractivity contribution < 1.29 is 38.0 Å². The van der Waals surface area contributed by atoms with Crippen LogP contribution >= 0.6 is 0 Å². The summed E-state index contributed by atoms with van der Waals surface area (Å²) < 4.78 is 36.9. The molecule has 7 rings (SSSR count). The van der Waals surface area contributed by atoms with Crippen LogP contribution in [0.1, 0.15) is 61.4 Å². The zero-order valence-corrected chi connectivity index (χ0v) is 30.1. The Morgan fingerprint density at radius 3 is 1.92 bits per heavy atom. The molecule has 4 aromatic rings. The van der Waals surface area contributed by atoms with Crippen molar-refractivity contribution in [1.29, 1.82) is 0 Å². The van der Waals surface area contributed by atoms with Crippen LogP contribution in [0.15, 0.2) is 66.7 Å². The van der Waals surface area contributed by atoms with Crippen LogP contribution in [-0.2, 0) is 29.2 Å². The van der Waals surface area contributed by atoms with Crippen molar-refractivity contribution in [3.8, 4) is 28.7 Å². The minimum Gasteiger partial charge on any atom is -0.496 e. The van der Waals surface area contributed by atoms with E-state index in [1.54, 1.807) is 33.3 Å². The van der Waals surface area contributed by atoms with Gasteiger partial charge in [-0.25, -0.2) is 0 Å². The lowest BCUT2D eigenvalue weighted by molar-refractivity contribution is -0.156. The number of rotatable bonds is 11. The molecule has 266 valence electrons. The minimum absolute atomic E-state index is 0.105. The van der Waals surface area contributed by atoms with Crippen LogP contribution in [0.25, 0.3) is 0 Å². The summed E-state index contributed by atoms with van der Waals surface area (Å²) in [7, 11) is 8.19. The first-order chi connectivity index (χ1) is 24.7. The van der Waals surface area contributed by atoms with Gasteiger partial charge >= 0.3 is 0 Å². The minimum atomic E-state index is -0.937. The van der Waals surface area contributed by atoms with Crippen LogP contribution in [0.4, 0.5) is 0 Å². The van der Waals surface area contributed by atoms with Crippen molar-refractivity contribution in [2.45, 2.75) is 57.6 Å². The van der Waals surface area contributed by atoms with Crippen LogP contribution < -0.4 is 23.7 Å². The number of benzene rings is 4. The molecular weight excluding hydrogens is 648 g/mol. The van der Waals surface area contributed by atoms with Gasteiger partial charge in [0.15, 0.2) is 28.8 Å². The van der Waals surface area contributed by atoms with E-state index in [2.05, 4.69) is 6.07 Å². The molecule has 0 saturated carbocycles. The Kier molecular flexibility index (Phi) is 9.39. The molecule has 0 unspecified atom stereocenters. The molecule has 2 bridgehead atoms. The molecule has 10 heteroatoms. The third kappa shape index (κ3) is 5.57. The molecule has 0 aromatic heterocycles. The van der Waals surface area contributed by atoms with E-state index in [1.807, 2.05) is 86.5 Å². The maximum absolute atomic E-state index is 15.3. The number of ketones is 1. The van der Waals surface area contributed by atoms with Crippen LogP contribution in [0.5, 0.6) is 28.7 Å². The summed E-state index contributed by atoms with van der Waals surface area (Å²) >= 11 is 0. The van der Waals surface area contributed by atoms with Gasteiger partial charge in [0.25, 0.3) is 0 Å². The van der Waals surface area contributed by atoms with E-state index in [0.717, 1.165) is 27.8 Å².